The second-order valence-corrected chi connectivity index (χ2v) is 3.61. The van der Waals surface area contributed by atoms with Gasteiger partial charge in [0.15, 0.2) is 0 Å². The van der Waals surface area contributed by atoms with Gasteiger partial charge in [0.05, 0.1) is 5.76 Å². The first-order valence-corrected chi connectivity index (χ1v) is 5.59. The van der Waals surface area contributed by atoms with Gasteiger partial charge in [-0.2, -0.15) is 0 Å². The molecule has 1 N–H and O–H groups in total. The van der Waals surface area contributed by atoms with Crippen LogP contribution in [0.5, 0.6) is 0 Å². The Morgan fingerprint density at radius 1 is 1.41 bits per heavy atom. The van der Waals surface area contributed by atoms with Gasteiger partial charge in [0.1, 0.15) is 0 Å². The molecule has 5 heteroatoms. The van der Waals surface area contributed by atoms with Gasteiger partial charge in [-0.15, -0.1) is 0 Å². The molecule has 0 bridgehead atoms. The van der Waals surface area contributed by atoms with Crippen molar-refractivity contribution < 1.29 is 14.3 Å². The SMILES string of the molecule is C=CC(=O)NN(CCCCC)C(=O)OC(=C)C. The van der Waals surface area contributed by atoms with Crippen LogP contribution in [0, 0.1) is 0 Å². The molecule has 0 aliphatic rings. The van der Waals surface area contributed by atoms with E-state index in [2.05, 4.69) is 25.5 Å². The minimum absolute atomic E-state index is 0.281. The van der Waals surface area contributed by atoms with Crippen LogP contribution in [0.4, 0.5) is 4.79 Å². The summed E-state index contributed by atoms with van der Waals surface area (Å²) in [6, 6.07) is 0. The molecule has 0 spiro atoms. The maximum Gasteiger partial charge on any atom is 0.433 e. The Labute approximate surface area is 102 Å². The van der Waals surface area contributed by atoms with Crippen molar-refractivity contribution in [3.8, 4) is 0 Å². The minimum atomic E-state index is -0.635. The van der Waals surface area contributed by atoms with Crippen molar-refractivity contribution in [2.24, 2.45) is 0 Å². The van der Waals surface area contributed by atoms with E-state index in [-0.39, 0.29) is 5.76 Å². The number of rotatable bonds is 6. The third-order valence-corrected chi connectivity index (χ3v) is 1.90. The molecule has 2 amide bonds. The van der Waals surface area contributed by atoms with Crippen LogP contribution in [-0.2, 0) is 9.53 Å². The molecular formula is C12H20N2O3. The lowest BCUT2D eigenvalue weighted by Crippen LogP contribution is -2.46. The topological polar surface area (TPSA) is 58.6 Å². The average Bonchev–Trinajstić information content (AvgIpc) is 2.26. The second-order valence-electron chi connectivity index (χ2n) is 3.61. The number of nitrogens with zero attached hydrogens (tertiary/aromatic N) is 1. The van der Waals surface area contributed by atoms with Crippen LogP contribution >= 0.6 is 0 Å². The lowest BCUT2D eigenvalue weighted by atomic mass is 10.2. The second kappa shape index (κ2) is 8.38. The van der Waals surface area contributed by atoms with Crippen LogP contribution in [0.15, 0.2) is 25.0 Å². The molecule has 0 aromatic carbocycles. The summed E-state index contributed by atoms with van der Waals surface area (Å²) >= 11 is 0. The number of hydrazine groups is 1. The van der Waals surface area contributed by atoms with Crippen LogP contribution in [0.1, 0.15) is 33.1 Å². The van der Waals surface area contributed by atoms with Crippen LogP contribution in [0.25, 0.3) is 0 Å². The van der Waals surface area contributed by atoms with E-state index >= 15 is 0 Å². The third-order valence-electron chi connectivity index (χ3n) is 1.90. The Balaban J connectivity index is 4.37. The molecular weight excluding hydrogens is 220 g/mol. The number of unbranched alkanes of at least 4 members (excludes halogenated alkanes) is 2. The average molecular weight is 240 g/mol. The van der Waals surface area contributed by atoms with Gasteiger partial charge < -0.3 is 4.74 Å². The fourth-order valence-corrected chi connectivity index (χ4v) is 1.10. The Hall–Kier alpha value is -1.78. The highest BCUT2D eigenvalue weighted by Gasteiger charge is 2.16. The van der Waals surface area contributed by atoms with Gasteiger partial charge >= 0.3 is 6.09 Å². The molecule has 0 heterocycles. The predicted molar refractivity (Wildman–Crippen MR) is 65.9 cm³/mol. The molecule has 0 atom stereocenters. The summed E-state index contributed by atoms with van der Waals surface area (Å²) in [6.07, 6.45) is 3.25. The number of hydrogen-bond acceptors (Lipinski definition) is 3. The first-order valence-electron chi connectivity index (χ1n) is 5.59. The fraction of sp³-hybridized carbons (Fsp3) is 0.500. The van der Waals surface area contributed by atoms with Crippen molar-refractivity contribution >= 4 is 12.0 Å². The lowest BCUT2D eigenvalue weighted by molar-refractivity contribution is -0.120. The lowest BCUT2D eigenvalue weighted by Gasteiger charge is -2.21. The maximum absolute atomic E-state index is 11.6. The highest BCUT2D eigenvalue weighted by Crippen LogP contribution is 2.01. The van der Waals surface area contributed by atoms with E-state index in [0.717, 1.165) is 30.3 Å². The molecule has 0 saturated carbocycles. The summed E-state index contributed by atoms with van der Waals surface area (Å²) in [4.78, 5) is 22.7. The number of nitrogens with one attached hydrogen (secondary N) is 1. The molecule has 0 radical (unpaired) electrons. The molecule has 0 aliphatic heterocycles. The Morgan fingerprint density at radius 3 is 2.53 bits per heavy atom. The molecule has 17 heavy (non-hydrogen) atoms. The standard InChI is InChI=1S/C12H20N2O3/c1-5-7-8-9-14(13-11(15)6-2)12(16)17-10(3)4/h6H,2-3,5,7-9H2,1,4H3,(H,13,15). The number of carbonyl (C=O) groups is 2. The highest BCUT2D eigenvalue weighted by molar-refractivity contribution is 5.88. The van der Waals surface area contributed by atoms with Gasteiger partial charge in [-0.1, -0.05) is 32.9 Å². The van der Waals surface area contributed by atoms with Gasteiger partial charge in [0.2, 0.25) is 0 Å². The van der Waals surface area contributed by atoms with E-state index in [0.29, 0.717) is 6.54 Å². The summed E-state index contributed by atoms with van der Waals surface area (Å²) in [5.41, 5.74) is 2.39. The number of ether oxygens (including phenoxy) is 1. The van der Waals surface area contributed by atoms with E-state index in [9.17, 15) is 9.59 Å². The summed E-state index contributed by atoms with van der Waals surface area (Å²) in [5, 5.41) is 1.13. The normalized spacial score (nSPS) is 9.29. The summed E-state index contributed by atoms with van der Waals surface area (Å²) in [6.45, 7) is 10.8. The van der Waals surface area contributed by atoms with Crippen molar-refractivity contribution in [2.75, 3.05) is 6.54 Å². The van der Waals surface area contributed by atoms with Gasteiger partial charge in [0, 0.05) is 6.54 Å². The first kappa shape index (κ1) is 15.2. The molecule has 0 unspecified atom stereocenters. The summed E-state index contributed by atoms with van der Waals surface area (Å²) in [5.74, 6) is -0.163. The van der Waals surface area contributed by atoms with Crippen molar-refractivity contribution in [1.82, 2.24) is 10.4 Å². The van der Waals surface area contributed by atoms with Gasteiger partial charge in [-0.05, 0) is 19.4 Å². The van der Waals surface area contributed by atoms with E-state index in [1.807, 2.05) is 0 Å². The van der Waals surface area contributed by atoms with Crippen molar-refractivity contribution in [3.05, 3.63) is 25.0 Å². The summed E-state index contributed by atoms with van der Waals surface area (Å²) < 4.78 is 4.83. The largest absolute Gasteiger partial charge is 0.433 e. The third kappa shape index (κ3) is 7.16. The Bertz CT molecular complexity index is 300. The van der Waals surface area contributed by atoms with E-state index in [1.165, 1.54) is 0 Å². The van der Waals surface area contributed by atoms with Crippen molar-refractivity contribution in [3.63, 3.8) is 0 Å². The number of carbonyl (C=O) groups excluding carboxylic acids is 2. The van der Waals surface area contributed by atoms with Crippen molar-refractivity contribution in [1.29, 1.82) is 0 Å². The molecule has 96 valence electrons. The highest BCUT2D eigenvalue weighted by atomic mass is 16.6. The number of hydrogen-bond donors (Lipinski definition) is 1. The number of amides is 2. The fourth-order valence-electron chi connectivity index (χ4n) is 1.10. The maximum atomic E-state index is 11.6. The quantitative estimate of drug-likeness (QED) is 0.335. The zero-order valence-corrected chi connectivity index (χ0v) is 10.5. The van der Waals surface area contributed by atoms with Crippen LogP contribution < -0.4 is 5.43 Å². The Morgan fingerprint density at radius 2 is 2.06 bits per heavy atom. The van der Waals surface area contributed by atoms with Crippen LogP contribution in [0.2, 0.25) is 0 Å². The first-order chi connectivity index (χ1) is 8.01. The van der Waals surface area contributed by atoms with E-state index in [4.69, 9.17) is 4.74 Å². The molecule has 0 aromatic rings. The molecule has 5 nitrogen and oxygen atoms in total. The van der Waals surface area contributed by atoms with E-state index in [1.54, 1.807) is 6.92 Å². The van der Waals surface area contributed by atoms with Gasteiger partial charge in [0.25, 0.3) is 5.91 Å². The van der Waals surface area contributed by atoms with Gasteiger partial charge in [-0.25, -0.2) is 9.80 Å². The van der Waals surface area contributed by atoms with Crippen LogP contribution in [0.3, 0.4) is 0 Å². The predicted octanol–water partition coefficient (Wildman–Crippen LogP) is 2.37. The Kier molecular flexibility index (Phi) is 7.50. The van der Waals surface area contributed by atoms with Crippen LogP contribution in [-0.4, -0.2) is 23.6 Å². The van der Waals surface area contributed by atoms with Crippen molar-refractivity contribution in [2.45, 2.75) is 33.1 Å². The molecule has 0 saturated heterocycles. The molecule has 0 aromatic heterocycles. The minimum Gasteiger partial charge on any atom is -0.414 e. The smallest absolute Gasteiger partial charge is 0.414 e. The monoisotopic (exact) mass is 240 g/mol. The molecule has 0 aliphatic carbocycles. The van der Waals surface area contributed by atoms with Gasteiger partial charge in [-0.3, -0.25) is 10.2 Å². The molecule has 0 rings (SSSR count). The summed E-state index contributed by atoms with van der Waals surface area (Å²) in [7, 11) is 0. The zero-order chi connectivity index (χ0) is 13.3. The molecule has 0 fully saturated rings. The van der Waals surface area contributed by atoms with E-state index < -0.39 is 12.0 Å². The zero-order valence-electron chi connectivity index (χ0n) is 10.5. The number of allylic oxidation sites excluding steroid dienone is 1.